The predicted octanol–water partition coefficient (Wildman–Crippen LogP) is 3.29. The predicted molar refractivity (Wildman–Crippen MR) is 78.9 cm³/mol. The van der Waals surface area contributed by atoms with E-state index in [4.69, 9.17) is 0 Å². The Hall–Kier alpha value is -0.340. The van der Waals surface area contributed by atoms with Crippen molar-refractivity contribution in [2.24, 2.45) is 0 Å². The topological polar surface area (TPSA) is 6.48 Å². The number of likely N-dealkylation sites (tertiary alicyclic amines) is 2. The second-order valence-electron chi connectivity index (χ2n) is 6.37. The van der Waals surface area contributed by atoms with E-state index in [1.165, 1.54) is 64.8 Å². The first-order valence-electron chi connectivity index (χ1n) is 7.81. The molecule has 0 radical (unpaired) electrons. The Bertz CT molecular complexity index is 281. The van der Waals surface area contributed by atoms with Gasteiger partial charge in [0, 0.05) is 12.1 Å². The van der Waals surface area contributed by atoms with Gasteiger partial charge < -0.3 is 0 Å². The first-order valence-corrected chi connectivity index (χ1v) is 7.81. The second kappa shape index (κ2) is 6.21. The van der Waals surface area contributed by atoms with Crippen LogP contribution < -0.4 is 0 Å². The summed E-state index contributed by atoms with van der Waals surface area (Å²) >= 11 is 0. The molecule has 2 saturated heterocycles. The van der Waals surface area contributed by atoms with Crippen LogP contribution in [0.4, 0.5) is 0 Å². The zero-order chi connectivity index (χ0) is 13.0. The minimum Gasteiger partial charge on any atom is -0.299 e. The summed E-state index contributed by atoms with van der Waals surface area (Å²) in [6.45, 7) is 13.5. The van der Waals surface area contributed by atoms with Crippen molar-refractivity contribution in [3.63, 3.8) is 0 Å². The molecule has 2 nitrogen and oxygen atoms in total. The van der Waals surface area contributed by atoms with E-state index in [1.807, 2.05) is 0 Å². The third-order valence-corrected chi connectivity index (χ3v) is 4.73. The second-order valence-corrected chi connectivity index (χ2v) is 6.37. The largest absolute Gasteiger partial charge is 0.299 e. The minimum absolute atomic E-state index is 0.259. The molecule has 0 bridgehead atoms. The molecule has 2 heteroatoms. The molecule has 18 heavy (non-hydrogen) atoms. The van der Waals surface area contributed by atoms with Crippen LogP contribution in [0.3, 0.4) is 0 Å². The Morgan fingerprint density at radius 1 is 1.00 bits per heavy atom. The normalized spacial score (nSPS) is 24.1. The molecule has 0 aromatic heterocycles. The van der Waals surface area contributed by atoms with Crippen LogP contribution >= 0.6 is 0 Å². The van der Waals surface area contributed by atoms with Crippen molar-refractivity contribution in [1.82, 2.24) is 9.80 Å². The quantitative estimate of drug-likeness (QED) is 0.691. The van der Waals surface area contributed by atoms with Crippen LogP contribution in [0.25, 0.3) is 0 Å². The van der Waals surface area contributed by atoms with Crippen molar-refractivity contribution in [2.45, 2.75) is 58.4 Å². The standard InChI is InChI=1S/C16H30N2/c1-4-9-15(14-17-10-5-6-11-17)16(2,3)18-12-7-8-13-18/h9H,4-8,10-14H2,1-3H3. The highest BCUT2D eigenvalue weighted by molar-refractivity contribution is 5.20. The van der Waals surface area contributed by atoms with Crippen molar-refractivity contribution in [1.29, 1.82) is 0 Å². The molecule has 0 aromatic rings. The highest BCUT2D eigenvalue weighted by atomic mass is 15.2. The van der Waals surface area contributed by atoms with Crippen LogP contribution in [0.1, 0.15) is 52.9 Å². The van der Waals surface area contributed by atoms with Crippen molar-refractivity contribution >= 4 is 0 Å². The maximum Gasteiger partial charge on any atom is 0.0376 e. The molecular weight excluding hydrogens is 220 g/mol. The smallest absolute Gasteiger partial charge is 0.0376 e. The lowest BCUT2D eigenvalue weighted by Crippen LogP contribution is -2.46. The highest BCUT2D eigenvalue weighted by Gasteiger charge is 2.33. The zero-order valence-corrected chi connectivity index (χ0v) is 12.5. The molecule has 0 atom stereocenters. The molecule has 0 aliphatic carbocycles. The molecule has 2 aliphatic rings. The van der Waals surface area contributed by atoms with E-state index in [1.54, 1.807) is 5.57 Å². The molecule has 2 rings (SSSR count). The Kier molecular flexibility index (Phi) is 4.85. The van der Waals surface area contributed by atoms with Gasteiger partial charge in [-0.3, -0.25) is 9.80 Å². The summed E-state index contributed by atoms with van der Waals surface area (Å²) in [5, 5.41) is 0. The number of nitrogens with zero attached hydrogens (tertiary/aromatic N) is 2. The van der Waals surface area contributed by atoms with Crippen molar-refractivity contribution in [3.05, 3.63) is 11.6 Å². The van der Waals surface area contributed by atoms with Crippen LogP contribution in [-0.2, 0) is 0 Å². The van der Waals surface area contributed by atoms with Crippen molar-refractivity contribution in [3.8, 4) is 0 Å². The zero-order valence-electron chi connectivity index (χ0n) is 12.5. The summed E-state index contributed by atoms with van der Waals surface area (Å²) in [4.78, 5) is 5.32. The summed E-state index contributed by atoms with van der Waals surface area (Å²) in [5.41, 5.74) is 1.91. The minimum atomic E-state index is 0.259. The molecule has 0 N–H and O–H groups in total. The van der Waals surface area contributed by atoms with Crippen LogP contribution in [0.5, 0.6) is 0 Å². The van der Waals surface area contributed by atoms with Gasteiger partial charge in [-0.25, -0.2) is 0 Å². The first kappa shape index (κ1) is 14.1. The maximum absolute atomic E-state index is 2.69. The summed E-state index contributed by atoms with van der Waals surface area (Å²) in [6.07, 6.45) is 9.20. The molecule has 0 spiro atoms. The lowest BCUT2D eigenvalue weighted by molar-refractivity contribution is 0.178. The van der Waals surface area contributed by atoms with Gasteiger partial charge in [0.1, 0.15) is 0 Å². The Morgan fingerprint density at radius 2 is 1.56 bits per heavy atom. The average Bonchev–Trinajstić information content (AvgIpc) is 3.01. The highest BCUT2D eigenvalue weighted by Crippen LogP contribution is 2.29. The first-order chi connectivity index (χ1) is 8.64. The molecule has 2 heterocycles. The van der Waals surface area contributed by atoms with Gasteiger partial charge in [-0.05, 0) is 77.7 Å². The van der Waals surface area contributed by atoms with Crippen molar-refractivity contribution in [2.75, 3.05) is 32.7 Å². The van der Waals surface area contributed by atoms with Crippen LogP contribution in [0.2, 0.25) is 0 Å². The Balaban J connectivity index is 2.05. The number of allylic oxidation sites excluding steroid dienone is 1. The van der Waals surface area contributed by atoms with Gasteiger partial charge in [0.25, 0.3) is 0 Å². The van der Waals surface area contributed by atoms with E-state index in [0.29, 0.717) is 0 Å². The van der Waals surface area contributed by atoms with E-state index in [2.05, 4.69) is 36.6 Å². The SMILES string of the molecule is CCC=C(CN1CCCC1)C(C)(C)N1CCCC1. The Labute approximate surface area is 113 Å². The van der Waals surface area contributed by atoms with Crippen LogP contribution in [-0.4, -0.2) is 48.1 Å². The molecule has 0 saturated carbocycles. The third kappa shape index (κ3) is 3.16. The average molecular weight is 250 g/mol. The fourth-order valence-corrected chi connectivity index (χ4v) is 3.42. The van der Waals surface area contributed by atoms with Gasteiger partial charge in [-0.1, -0.05) is 13.0 Å². The van der Waals surface area contributed by atoms with Gasteiger partial charge >= 0.3 is 0 Å². The van der Waals surface area contributed by atoms with Crippen LogP contribution in [0, 0.1) is 0 Å². The lowest BCUT2D eigenvalue weighted by Gasteiger charge is -2.39. The monoisotopic (exact) mass is 250 g/mol. The summed E-state index contributed by atoms with van der Waals surface area (Å²) in [5.74, 6) is 0. The molecular formula is C16H30N2. The van der Waals surface area contributed by atoms with Crippen LogP contribution in [0.15, 0.2) is 11.6 Å². The number of hydrogen-bond acceptors (Lipinski definition) is 2. The van der Waals surface area contributed by atoms with E-state index >= 15 is 0 Å². The molecule has 2 fully saturated rings. The van der Waals surface area contributed by atoms with E-state index in [-0.39, 0.29) is 5.54 Å². The van der Waals surface area contributed by atoms with Gasteiger partial charge in [-0.15, -0.1) is 0 Å². The van der Waals surface area contributed by atoms with Gasteiger partial charge in [0.15, 0.2) is 0 Å². The number of hydrogen-bond donors (Lipinski definition) is 0. The van der Waals surface area contributed by atoms with E-state index in [0.717, 1.165) is 0 Å². The fourth-order valence-electron chi connectivity index (χ4n) is 3.42. The van der Waals surface area contributed by atoms with Crippen molar-refractivity contribution < 1.29 is 0 Å². The van der Waals surface area contributed by atoms with E-state index in [9.17, 15) is 0 Å². The van der Waals surface area contributed by atoms with Gasteiger partial charge in [0.2, 0.25) is 0 Å². The lowest BCUT2D eigenvalue weighted by atomic mass is 9.90. The fraction of sp³-hybridized carbons (Fsp3) is 0.875. The molecule has 0 amide bonds. The van der Waals surface area contributed by atoms with Gasteiger partial charge in [-0.2, -0.15) is 0 Å². The maximum atomic E-state index is 2.69. The molecule has 2 aliphatic heterocycles. The summed E-state index contributed by atoms with van der Waals surface area (Å²) in [6, 6.07) is 0. The summed E-state index contributed by atoms with van der Waals surface area (Å²) < 4.78 is 0. The summed E-state index contributed by atoms with van der Waals surface area (Å²) in [7, 11) is 0. The molecule has 0 unspecified atom stereocenters. The van der Waals surface area contributed by atoms with Gasteiger partial charge in [0.05, 0.1) is 0 Å². The third-order valence-electron chi connectivity index (χ3n) is 4.73. The molecule has 0 aromatic carbocycles. The number of rotatable bonds is 5. The Morgan fingerprint density at radius 3 is 2.11 bits per heavy atom. The van der Waals surface area contributed by atoms with E-state index < -0.39 is 0 Å². The molecule has 104 valence electrons.